The van der Waals surface area contributed by atoms with E-state index in [-0.39, 0.29) is 0 Å². The van der Waals surface area contributed by atoms with Gasteiger partial charge in [-0.2, -0.15) is 0 Å². The van der Waals surface area contributed by atoms with Crippen molar-refractivity contribution in [3.63, 3.8) is 0 Å². The summed E-state index contributed by atoms with van der Waals surface area (Å²) in [5.41, 5.74) is 2.39. The number of likely N-dealkylation sites (N-methyl/N-ethyl adjacent to an activating group) is 2. The predicted molar refractivity (Wildman–Crippen MR) is 71.9 cm³/mol. The van der Waals surface area contributed by atoms with E-state index in [9.17, 15) is 0 Å². The van der Waals surface area contributed by atoms with Gasteiger partial charge in [-0.15, -0.1) is 0 Å². The summed E-state index contributed by atoms with van der Waals surface area (Å²) in [6.45, 7) is 2.38. The molecule has 0 saturated carbocycles. The Hall–Kier alpha value is -0.770. The Morgan fingerprint density at radius 2 is 2.24 bits per heavy atom. The lowest BCUT2D eigenvalue weighted by atomic mass is 10.1. The number of hydrogen-bond acceptors (Lipinski definition) is 3. The van der Waals surface area contributed by atoms with Gasteiger partial charge < -0.3 is 14.5 Å². The number of ether oxygens (including phenoxy) is 1. The zero-order valence-electron chi connectivity index (χ0n) is 10.6. The van der Waals surface area contributed by atoms with Crippen molar-refractivity contribution in [3.8, 4) is 0 Å². The van der Waals surface area contributed by atoms with Crippen molar-refractivity contribution in [1.29, 1.82) is 0 Å². The monoisotopic (exact) mass is 254 g/mol. The molecule has 1 aliphatic rings. The summed E-state index contributed by atoms with van der Waals surface area (Å²) in [6, 6.07) is 6.39. The zero-order chi connectivity index (χ0) is 12.4. The molecule has 0 radical (unpaired) electrons. The molecule has 0 spiro atoms. The number of halogens is 1. The minimum Gasteiger partial charge on any atom is -0.375 e. The van der Waals surface area contributed by atoms with Crippen molar-refractivity contribution >= 4 is 17.3 Å². The molecule has 1 atom stereocenters. The predicted octanol–water partition coefficient (Wildman–Crippen LogP) is 2.24. The number of nitrogens with zero attached hydrogens (tertiary/aromatic N) is 2. The molecule has 0 saturated heterocycles. The van der Waals surface area contributed by atoms with Crippen molar-refractivity contribution in [2.75, 3.05) is 39.2 Å². The van der Waals surface area contributed by atoms with Gasteiger partial charge in [0.15, 0.2) is 0 Å². The highest BCUT2D eigenvalue weighted by atomic mass is 35.5. The van der Waals surface area contributed by atoms with Crippen molar-refractivity contribution in [1.82, 2.24) is 4.90 Å². The highest BCUT2D eigenvalue weighted by Gasteiger charge is 2.22. The summed E-state index contributed by atoms with van der Waals surface area (Å²) in [7, 11) is 6.29. The van der Waals surface area contributed by atoms with Crippen LogP contribution >= 0.6 is 11.6 Å². The molecule has 0 fully saturated rings. The molecule has 0 aromatic heterocycles. The Morgan fingerprint density at radius 3 is 2.94 bits per heavy atom. The van der Waals surface area contributed by atoms with Gasteiger partial charge in [-0.05, 0) is 32.3 Å². The SMILES string of the molecule is CN(C)CC1COCc2cc(Cl)ccc2N1C. The molecular formula is C13H19ClN2O. The largest absolute Gasteiger partial charge is 0.375 e. The number of benzene rings is 1. The first-order chi connectivity index (χ1) is 8.08. The normalized spacial score (nSPS) is 20.3. The van der Waals surface area contributed by atoms with Crippen LogP contribution in [0.2, 0.25) is 5.02 Å². The van der Waals surface area contributed by atoms with E-state index in [1.54, 1.807) is 0 Å². The molecule has 1 unspecified atom stereocenters. The van der Waals surface area contributed by atoms with Crippen molar-refractivity contribution in [2.24, 2.45) is 0 Å². The van der Waals surface area contributed by atoms with Crippen molar-refractivity contribution in [3.05, 3.63) is 28.8 Å². The molecular weight excluding hydrogens is 236 g/mol. The second-order valence-corrected chi connectivity index (χ2v) is 5.25. The maximum atomic E-state index is 6.02. The van der Waals surface area contributed by atoms with E-state index in [1.165, 1.54) is 11.3 Å². The van der Waals surface area contributed by atoms with Gasteiger partial charge in [0.05, 0.1) is 19.3 Å². The van der Waals surface area contributed by atoms with E-state index in [0.29, 0.717) is 12.6 Å². The fraction of sp³-hybridized carbons (Fsp3) is 0.538. The van der Waals surface area contributed by atoms with Crippen LogP contribution in [-0.4, -0.2) is 45.2 Å². The zero-order valence-corrected chi connectivity index (χ0v) is 11.4. The fourth-order valence-corrected chi connectivity index (χ4v) is 2.42. The van der Waals surface area contributed by atoms with Crippen LogP contribution in [0.15, 0.2) is 18.2 Å². The van der Waals surface area contributed by atoms with Crippen LogP contribution in [0.3, 0.4) is 0 Å². The van der Waals surface area contributed by atoms with Gasteiger partial charge in [0.25, 0.3) is 0 Å². The van der Waals surface area contributed by atoms with Gasteiger partial charge in [0.1, 0.15) is 0 Å². The molecule has 17 heavy (non-hydrogen) atoms. The average Bonchev–Trinajstić information content (AvgIpc) is 2.39. The van der Waals surface area contributed by atoms with Gasteiger partial charge in [0.2, 0.25) is 0 Å². The van der Waals surface area contributed by atoms with E-state index < -0.39 is 0 Å². The third kappa shape index (κ3) is 2.92. The molecule has 94 valence electrons. The molecule has 0 N–H and O–H groups in total. The van der Waals surface area contributed by atoms with E-state index >= 15 is 0 Å². The van der Waals surface area contributed by atoms with Gasteiger partial charge in [-0.25, -0.2) is 0 Å². The molecule has 0 aliphatic carbocycles. The Bertz CT molecular complexity index is 395. The molecule has 1 heterocycles. The van der Waals surface area contributed by atoms with E-state index in [0.717, 1.165) is 18.2 Å². The highest BCUT2D eigenvalue weighted by Crippen LogP contribution is 2.28. The Morgan fingerprint density at radius 1 is 1.47 bits per heavy atom. The topological polar surface area (TPSA) is 15.7 Å². The molecule has 4 heteroatoms. The third-order valence-electron chi connectivity index (χ3n) is 3.11. The Kier molecular flexibility index (Phi) is 3.92. The lowest BCUT2D eigenvalue weighted by Gasteiger charge is -2.30. The molecule has 0 amide bonds. The van der Waals surface area contributed by atoms with E-state index in [2.05, 4.69) is 37.0 Å². The van der Waals surface area contributed by atoms with Gasteiger partial charge in [-0.3, -0.25) is 0 Å². The minimum absolute atomic E-state index is 0.382. The molecule has 2 rings (SSSR count). The second kappa shape index (κ2) is 5.25. The molecule has 1 aliphatic heterocycles. The fourth-order valence-electron chi connectivity index (χ4n) is 2.22. The summed E-state index contributed by atoms with van der Waals surface area (Å²) in [5, 5.41) is 0.770. The van der Waals surface area contributed by atoms with Gasteiger partial charge >= 0.3 is 0 Å². The lowest BCUT2D eigenvalue weighted by Crippen LogP contribution is -2.42. The summed E-state index contributed by atoms with van der Waals surface area (Å²) in [6.07, 6.45) is 0. The molecule has 3 nitrogen and oxygen atoms in total. The third-order valence-corrected chi connectivity index (χ3v) is 3.35. The Balaban J connectivity index is 2.26. The summed E-state index contributed by atoms with van der Waals surface area (Å²) in [5.74, 6) is 0. The Labute approximate surface area is 108 Å². The van der Waals surface area contributed by atoms with Crippen LogP contribution in [0.4, 0.5) is 5.69 Å². The van der Waals surface area contributed by atoms with Crippen LogP contribution in [-0.2, 0) is 11.3 Å². The number of fused-ring (bicyclic) bond motifs is 1. The quantitative estimate of drug-likeness (QED) is 0.805. The highest BCUT2D eigenvalue weighted by molar-refractivity contribution is 6.30. The smallest absolute Gasteiger partial charge is 0.0738 e. The second-order valence-electron chi connectivity index (χ2n) is 4.82. The van der Waals surface area contributed by atoms with Crippen LogP contribution in [0, 0.1) is 0 Å². The standard InChI is InChI=1S/C13H19ClN2O/c1-15(2)7-12-9-17-8-10-6-11(14)4-5-13(10)16(12)3/h4-6,12H,7-9H2,1-3H3. The van der Waals surface area contributed by atoms with E-state index in [1.807, 2.05) is 12.1 Å². The maximum absolute atomic E-state index is 6.02. The summed E-state index contributed by atoms with van der Waals surface area (Å²) >= 11 is 6.02. The molecule has 0 bridgehead atoms. The maximum Gasteiger partial charge on any atom is 0.0738 e. The van der Waals surface area contributed by atoms with Crippen molar-refractivity contribution < 1.29 is 4.74 Å². The van der Waals surface area contributed by atoms with E-state index in [4.69, 9.17) is 16.3 Å². The van der Waals surface area contributed by atoms with Crippen LogP contribution in [0.1, 0.15) is 5.56 Å². The van der Waals surface area contributed by atoms with Crippen LogP contribution in [0.5, 0.6) is 0 Å². The van der Waals surface area contributed by atoms with Gasteiger partial charge in [-0.1, -0.05) is 11.6 Å². The molecule has 1 aromatic rings. The minimum atomic E-state index is 0.382. The van der Waals surface area contributed by atoms with Gasteiger partial charge in [0, 0.05) is 29.9 Å². The number of anilines is 1. The lowest BCUT2D eigenvalue weighted by molar-refractivity contribution is 0.106. The number of rotatable bonds is 2. The number of hydrogen-bond donors (Lipinski definition) is 0. The average molecular weight is 255 g/mol. The van der Waals surface area contributed by atoms with Crippen molar-refractivity contribution in [2.45, 2.75) is 12.6 Å². The van der Waals surface area contributed by atoms with Crippen LogP contribution in [0.25, 0.3) is 0 Å². The molecule has 1 aromatic carbocycles. The first-order valence-corrected chi connectivity index (χ1v) is 6.19. The summed E-state index contributed by atoms with van der Waals surface area (Å²) < 4.78 is 5.73. The first-order valence-electron chi connectivity index (χ1n) is 5.81. The first kappa shape index (κ1) is 12.7. The summed E-state index contributed by atoms with van der Waals surface area (Å²) in [4.78, 5) is 4.48. The van der Waals surface area contributed by atoms with Crippen LogP contribution < -0.4 is 4.90 Å².